The standard InChI is InChI=1S/C18H17ClFN3/c19-14-5-8-18-21-16(12-23(18)10-14)11-22-9-1-2-17(22)13-3-6-15(20)7-4-13/h3-8,10,12,17H,1-2,9,11H2. The molecule has 0 aliphatic carbocycles. The molecule has 0 spiro atoms. The van der Waals surface area contributed by atoms with Crippen LogP contribution in [0, 0.1) is 5.82 Å². The fourth-order valence-electron chi connectivity index (χ4n) is 3.38. The number of hydrogen-bond acceptors (Lipinski definition) is 2. The molecular formula is C18H17ClFN3. The first-order valence-electron chi connectivity index (χ1n) is 7.82. The number of aromatic nitrogens is 2. The maximum atomic E-state index is 13.1. The quantitative estimate of drug-likeness (QED) is 0.707. The van der Waals surface area contributed by atoms with Gasteiger partial charge in [0.05, 0.1) is 10.7 Å². The summed E-state index contributed by atoms with van der Waals surface area (Å²) in [5.41, 5.74) is 3.11. The summed E-state index contributed by atoms with van der Waals surface area (Å²) in [6, 6.07) is 11.0. The third kappa shape index (κ3) is 2.96. The number of likely N-dealkylation sites (tertiary alicyclic amines) is 1. The van der Waals surface area contributed by atoms with E-state index in [1.807, 2.05) is 41.1 Å². The summed E-state index contributed by atoms with van der Waals surface area (Å²) >= 11 is 6.02. The molecule has 3 heterocycles. The maximum Gasteiger partial charge on any atom is 0.137 e. The van der Waals surface area contributed by atoms with E-state index >= 15 is 0 Å². The predicted molar refractivity (Wildman–Crippen MR) is 89.0 cm³/mol. The lowest BCUT2D eigenvalue weighted by atomic mass is 10.0. The van der Waals surface area contributed by atoms with Crippen molar-refractivity contribution in [3.8, 4) is 0 Å². The van der Waals surface area contributed by atoms with Crippen molar-refractivity contribution in [1.29, 1.82) is 0 Å². The van der Waals surface area contributed by atoms with Crippen LogP contribution in [0.3, 0.4) is 0 Å². The Morgan fingerprint density at radius 3 is 2.78 bits per heavy atom. The highest BCUT2D eigenvalue weighted by atomic mass is 35.5. The van der Waals surface area contributed by atoms with Crippen LogP contribution in [0.4, 0.5) is 4.39 Å². The van der Waals surface area contributed by atoms with E-state index in [0.717, 1.165) is 37.3 Å². The van der Waals surface area contributed by atoms with Crippen molar-refractivity contribution >= 4 is 17.2 Å². The summed E-state index contributed by atoms with van der Waals surface area (Å²) in [5.74, 6) is -0.185. The minimum absolute atomic E-state index is 0.185. The normalized spacial score (nSPS) is 18.8. The number of nitrogens with zero attached hydrogens (tertiary/aromatic N) is 3. The maximum absolute atomic E-state index is 13.1. The zero-order valence-electron chi connectivity index (χ0n) is 12.6. The first-order valence-corrected chi connectivity index (χ1v) is 8.19. The number of hydrogen-bond donors (Lipinski definition) is 0. The van der Waals surface area contributed by atoms with Gasteiger partial charge in [-0.2, -0.15) is 0 Å². The summed E-state index contributed by atoms with van der Waals surface area (Å²) in [7, 11) is 0. The van der Waals surface area contributed by atoms with Crippen LogP contribution in [0.15, 0.2) is 48.8 Å². The SMILES string of the molecule is Fc1ccc(C2CCCN2Cc2cn3cc(Cl)ccc3n2)cc1. The molecule has 3 aromatic rings. The average Bonchev–Trinajstić information content (AvgIpc) is 3.14. The van der Waals surface area contributed by atoms with Crippen LogP contribution in [0.5, 0.6) is 0 Å². The Balaban J connectivity index is 1.57. The molecule has 23 heavy (non-hydrogen) atoms. The van der Waals surface area contributed by atoms with Crippen molar-refractivity contribution in [3.05, 3.63) is 70.9 Å². The van der Waals surface area contributed by atoms with Crippen LogP contribution in [-0.4, -0.2) is 20.8 Å². The largest absolute Gasteiger partial charge is 0.305 e. The summed E-state index contributed by atoms with van der Waals surface area (Å²) in [5, 5.41) is 0.701. The molecular weight excluding hydrogens is 313 g/mol. The molecule has 1 fully saturated rings. The second kappa shape index (κ2) is 5.95. The summed E-state index contributed by atoms with van der Waals surface area (Å²) < 4.78 is 15.1. The number of rotatable bonds is 3. The molecule has 0 bridgehead atoms. The van der Waals surface area contributed by atoms with Crippen LogP contribution >= 0.6 is 11.6 Å². The number of fused-ring (bicyclic) bond motifs is 1. The Morgan fingerprint density at radius 2 is 1.96 bits per heavy atom. The van der Waals surface area contributed by atoms with Gasteiger partial charge in [-0.15, -0.1) is 0 Å². The molecule has 0 saturated carbocycles. The average molecular weight is 330 g/mol. The highest BCUT2D eigenvalue weighted by molar-refractivity contribution is 6.30. The van der Waals surface area contributed by atoms with Gasteiger partial charge in [-0.3, -0.25) is 4.90 Å². The van der Waals surface area contributed by atoms with E-state index in [2.05, 4.69) is 9.88 Å². The topological polar surface area (TPSA) is 20.5 Å². The van der Waals surface area contributed by atoms with Crippen molar-refractivity contribution < 1.29 is 4.39 Å². The van der Waals surface area contributed by atoms with Gasteiger partial charge in [0.25, 0.3) is 0 Å². The monoisotopic (exact) mass is 329 g/mol. The van der Waals surface area contributed by atoms with Crippen LogP contribution in [0.2, 0.25) is 5.02 Å². The molecule has 0 N–H and O–H groups in total. The van der Waals surface area contributed by atoms with E-state index in [9.17, 15) is 4.39 Å². The van der Waals surface area contributed by atoms with Crippen molar-refractivity contribution in [1.82, 2.24) is 14.3 Å². The zero-order valence-corrected chi connectivity index (χ0v) is 13.4. The molecule has 0 amide bonds. The third-order valence-electron chi connectivity index (χ3n) is 4.45. The lowest BCUT2D eigenvalue weighted by molar-refractivity contribution is 0.246. The summed E-state index contributed by atoms with van der Waals surface area (Å²) in [6.45, 7) is 1.83. The molecule has 2 aromatic heterocycles. The van der Waals surface area contributed by atoms with Gasteiger partial charge in [-0.25, -0.2) is 9.37 Å². The highest BCUT2D eigenvalue weighted by Gasteiger charge is 2.26. The van der Waals surface area contributed by atoms with Gasteiger partial charge >= 0.3 is 0 Å². The molecule has 1 aliphatic heterocycles. The molecule has 3 nitrogen and oxygen atoms in total. The molecule has 0 radical (unpaired) electrons. The van der Waals surface area contributed by atoms with Gasteiger partial charge in [0.2, 0.25) is 0 Å². The Kier molecular flexibility index (Phi) is 3.79. The van der Waals surface area contributed by atoms with Gasteiger partial charge in [0, 0.05) is 25.0 Å². The highest BCUT2D eigenvalue weighted by Crippen LogP contribution is 2.33. The first-order chi connectivity index (χ1) is 11.2. The number of benzene rings is 1. The van der Waals surface area contributed by atoms with Crippen LogP contribution in [0.25, 0.3) is 5.65 Å². The lowest BCUT2D eigenvalue weighted by Crippen LogP contribution is -2.22. The molecule has 1 aliphatic rings. The van der Waals surface area contributed by atoms with E-state index in [4.69, 9.17) is 11.6 Å². The lowest BCUT2D eigenvalue weighted by Gasteiger charge is -2.23. The Morgan fingerprint density at radius 1 is 1.13 bits per heavy atom. The van der Waals surface area contributed by atoms with Gasteiger partial charge in [-0.1, -0.05) is 23.7 Å². The van der Waals surface area contributed by atoms with Gasteiger partial charge in [0.1, 0.15) is 11.5 Å². The zero-order chi connectivity index (χ0) is 15.8. The Hall–Kier alpha value is -1.91. The minimum Gasteiger partial charge on any atom is -0.305 e. The van der Waals surface area contributed by atoms with Gasteiger partial charge in [0.15, 0.2) is 0 Å². The van der Waals surface area contributed by atoms with Gasteiger partial charge in [-0.05, 0) is 49.2 Å². The van der Waals surface area contributed by atoms with Crippen LogP contribution < -0.4 is 0 Å². The Bertz CT molecular complexity index is 828. The molecule has 118 valence electrons. The Labute approximate surface area is 139 Å². The summed E-state index contributed by atoms with van der Waals surface area (Å²) in [6.07, 6.45) is 6.15. The minimum atomic E-state index is -0.185. The van der Waals surface area contributed by atoms with Crippen LogP contribution in [-0.2, 0) is 6.54 Å². The molecule has 1 unspecified atom stereocenters. The van der Waals surface area contributed by atoms with E-state index in [1.165, 1.54) is 5.56 Å². The molecule has 5 heteroatoms. The number of pyridine rings is 1. The van der Waals surface area contributed by atoms with E-state index in [-0.39, 0.29) is 5.82 Å². The van der Waals surface area contributed by atoms with E-state index < -0.39 is 0 Å². The predicted octanol–water partition coefficient (Wildman–Crippen LogP) is 4.46. The van der Waals surface area contributed by atoms with Crippen molar-refractivity contribution in [2.75, 3.05) is 6.54 Å². The van der Waals surface area contributed by atoms with Crippen molar-refractivity contribution in [2.24, 2.45) is 0 Å². The number of halogens is 2. The van der Waals surface area contributed by atoms with E-state index in [0.29, 0.717) is 11.1 Å². The molecule has 4 rings (SSSR count). The third-order valence-corrected chi connectivity index (χ3v) is 4.67. The van der Waals surface area contributed by atoms with E-state index in [1.54, 1.807) is 12.1 Å². The van der Waals surface area contributed by atoms with Crippen LogP contribution in [0.1, 0.15) is 30.1 Å². The van der Waals surface area contributed by atoms with Crippen molar-refractivity contribution in [2.45, 2.75) is 25.4 Å². The smallest absolute Gasteiger partial charge is 0.137 e. The fourth-order valence-corrected chi connectivity index (χ4v) is 3.55. The van der Waals surface area contributed by atoms with Gasteiger partial charge < -0.3 is 4.40 Å². The first kappa shape index (κ1) is 14.7. The second-order valence-electron chi connectivity index (χ2n) is 6.03. The molecule has 1 atom stereocenters. The second-order valence-corrected chi connectivity index (χ2v) is 6.46. The van der Waals surface area contributed by atoms with Crippen molar-refractivity contribution in [3.63, 3.8) is 0 Å². The molecule has 1 aromatic carbocycles. The molecule has 1 saturated heterocycles. The fraction of sp³-hybridized carbons (Fsp3) is 0.278. The summed E-state index contributed by atoms with van der Waals surface area (Å²) in [4.78, 5) is 7.08. The number of imidazole rings is 1.